The normalized spacial score (nSPS) is 23.3. The third kappa shape index (κ3) is 3.79. The zero-order valence-corrected chi connectivity index (χ0v) is 8.63. The summed E-state index contributed by atoms with van der Waals surface area (Å²) < 4.78 is 0. The second-order valence-electron chi connectivity index (χ2n) is 4.14. The number of rotatable bonds is 1. The van der Waals surface area contributed by atoms with E-state index in [0.717, 1.165) is 5.71 Å². The average Bonchev–Trinajstić information content (AvgIpc) is 2.29. The van der Waals surface area contributed by atoms with E-state index in [2.05, 4.69) is 5.16 Å². The van der Waals surface area contributed by atoms with Gasteiger partial charge in [0.1, 0.15) is 0 Å². The monoisotopic (exact) mass is 183 g/mol. The largest absolute Gasteiger partial charge is 0.411 e. The first-order chi connectivity index (χ1) is 6.34. The van der Waals surface area contributed by atoms with Crippen molar-refractivity contribution in [2.75, 3.05) is 0 Å². The van der Waals surface area contributed by atoms with Crippen LogP contribution in [0.15, 0.2) is 5.16 Å². The standard InChI is InChI=1S/C11H21NO/c1-10(12-13)11-8-6-4-2-3-5-7-9-11/h11,13H,2-9H2,1H3/b12-10-. The molecule has 0 aromatic carbocycles. The van der Waals surface area contributed by atoms with Crippen molar-refractivity contribution >= 4 is 5.71 Å². The first kappa shape index (κ1) is 10.6. The zero-order valence-electron chi connectivity index (χ0n) is 8.63. The van der Waals surface area contributed by atoms with E-state index in [1.54, 1.807) is 0 Å². The van der Waals surface area contributed by atoms with Gasteiger partial charge in [-0.1, -0.05) is 43.7 Å². The lowest BCUT2D eigenvalue weighted by molar-refractivity contribution is 0.312. The Balaban J connectivity index is 2.41. The van der Waals surface area contributed by atoms with Gasteiger partial charge in [-0.2, -0.15) is 0 Å². The van der Waals surface area contributed by atoms with Crippen LogP contribution in [-0.4, -0.2) is 10.9 Å². The fourth-order valence-corrected chi connectivity index (χ4v) is 2.13. The molecule has 1 aliphatic carbocycles. The molecule has 0 spiro atoms. The van der Waals surface area contributed by atoms with Gasteiger partial charge in [0, 0.05) is 5.92 Å². The number of nitrogens with zero attached hydrogens (tertiary/aromatic N) is 1. The molecule has 1 fully saturated rings. The first-order valence-corrected chi connectivity index (χ1v) is 5.53. The van der Waals surface area contributed by atoms with Gasteiger partial charge in [0.2, 0.25) is 0 Å². The van der Waals surface area contributed by atoms with Crippen LogP contribution >= 0.6 is 0 Å². The minimum absolute atomic E-state index is 0.545. The SMILES string of the molecule is C/C(=N/O)C1CCCCCCCC1. The summed E-state index contributed by atoms with van der Waals surface area (Å²) in [4.78, 5) is 0. The Morgan fingerprint density at radius 2 is 1.46 bits per heavy atom. The smallest absolute Gasteiger partial charge is 0.0570 e. The van der Waals surface area contributed by atoms with Gasteiger partial charge in [0.15, 0.2) is 0 Å². The molecular weight excluding hydrogens is 162 g/mol. The van der Waals surface area contributed by atoms with Crippen LogP contribution in [0.25, 0.3) is 0 Å². The molecule has 1 rings (SSSR count). The van der Waals surface area contributed by atoms with E-state index < -0.39 is 0 Å². The summed E-state index contributed by atoms with van der Waals surface area (Å²) in [5.41, 5.74) is 0.932. The fourth-order valence-electron chi connectivity index (χ4n) is 2.13. The fraction of sp³-hybridized carbons (Fsp3) is 0.909. The Bertz CT molecular complexity index is 155. The molecule has 0 aliphatic heterocycles. The molecule has 1 saturated carbocycles. The van der Waals surface area contributed by atoms with Crippen LogP contribution in [0.1, 0.15) is 58.3 Å². The molecule has 0 aromatic rings. The Hall–Kier alpha value is -0.530. The van der Waals surface area contributed by atoms with Crippen molar-refractivity contribution in [3.8, 4) is 0 Å². The molecule has 13 heavy (non-hydrogen) atoms. The minimum atomic E-state index is 0.545. The average molecular weight is 183 g/mol. The van der Waals surface area contributed by atoms with Crippen LogP contribution in [0.3, 0.4) is 0 Å². The highest BCUT2D eigenvalue weighted by Gasteiger charge is 2.13. The van der Waals surface area contributed by atoms with Gasteiger partial charge in [-0.3, -0.25) is 0 Å². The summed E-state index contributed by atoms with van der Waals surface area (Å²) in [6.07, 6.45) is 10.5. The minimum Gasteiger partial charge on any atom is -0.411 e. The van der Waals surface area contributed by atoms with Gasteiger partial charge in [-0.05, 0) is 19.8 Å². The molecule has 0 bridgehead atoms. The number of hydrogen-bond donors (Lipinski definition) is 1. The van der Waals surface area contributed by atoms with Crippen LogP contribution in [0.4, 0.5) is 0 Å². The molecule has 76 valence electrons. The van der Waals surface area contributed by atoms with Crippen molar-refractivity contribution in [3.05, 3.63) is 0 Å². The Morgan fingerprint density at radius 1 is 1.00 bits per heavy atom. The summed E-state index contributed by atoms with van der Waals surface area (Å²) in [5.74, 6) is 0.545. The van der Waals surface area contributed by atoms with E-state index in [9.17, 15) is 0 Å². The van der Waals surface area contributed by atoms with Crippen LogP contribution in [-0.2, 0) is 0 Å². The molecular formula is C11H21NO. The van der Waals surface area contributed by atoms with E-state index in [1.807, 2.05) is 6.92 Å². The summed E-state index contributed by atoms with van der Waals surface area (Å²) in [6, 6.07) is 0. The van der Waals surface area contributed by atoms with Crippen LogP contribution in [0, 0.1) is 5.92 Å². The maximum atomic E-state index is 8.71. The second kappa shape index (κ2) is 6.01. The summed E-state index contributed by atoms with van der Waals surface area (Å²) >= 11 is 0. The van der Waals surface area contributed by atoms with Gasteiger partial charge in [0.25, 0.3) is 0 Å². The van der Waals surface area contributed by atoms with Crippen molar-refractivity contribution in [1.82, 2.24) is 0 Å². The number of hydrogen-bond acceptors (Lipinski definition) is 2. The van der Waals surface area contributed by atoms with E-state index in [1.165, 1.54) is 51.4 Å². The maximum Gasteiger partial charge on any atom is 0.0570 e. The van der Waals surface area contributed by atoms with Crippen LogP contribution in [0.2, 0.25) is 0 Å². The predicted octanol–water partition coefficient (Wildman–Crippen LogP) is 3.59. The van der Waals surface area contributed by atoms with Crippen molar-refractivity contribution in [2.45, 2.75) is 58.3 Å². The van der Waals surface area contributed by atoms with Gasteiger partial charge in [-0.25, -0.2) is 0 Å². The third-order valence-corrected chi connectivity index (χ3v) is 3.10. The molecule has 0 amide bonds. The third-order valence-electron chi connectivity index (χ3n) is 3.10. The van der Waals surface area contributed by atoms with E-state index in [0.29, 0.717) is 5.92 Å². The zero-order chi connectivity index (χ0) is 9.52. The van der Waals surface area contributed by atoms with Crippen molar-refractivity contribution < 1.29 is 5.21 Å². The molecule has 2 heteroatoms. The van der Waals surface area contributed by atoms with Gasteiger partial charge in [-0.15, -0.1) is 0 Å². The highest BCUT2D eigenvalue weighted by atomic mass is 16.4. The summed E-state index contributed by atoms with van der Waals surface area (Å²) in [5, 5.41) is 12.0. The predicted molar refractivity (Wildman–Crippen MR) is 55.3 cm³/mol. The number of oxime groups is 1. The van der Waals surface area contributed by atoms with Crippen LogP contribution in [0.5, 0.6) is 0 Å². The van der Waals surface area contributed by atoms with E-state index in [-0.39, 0.29) is 0 Å². The molecule has 0 heterocycles. The Kier molecular flexibility index (Phi) is 4.87. The molecule has 0 saturated heterocycles. The van der Waals surface area contributed by atoms with Crippen molar-refractivity contribution in [3.63, 3.8) is 0 Å². The highest BCUT2D eigenvalue weighted by Crippen LogP contribution is 2.22. The maximum absolute atomic E-state index is 8.71. The van der Waals surface area contributed by atoms with Crippen LogP contribution < -0.4 is 0 Å². The quantitative estimate of drug-likeness (QED) is 0.376. The van der Waals surface area contributed by atoms with Gasteiger partial charge in [0.05, 0.1) is 5.71 Å². The summed E-state index contributed by atoms with van der Waals surface area (Å²) in [6.45, 7) is 1.95. The first-order valence-electron chi connectivity index (χ1n) is 5.53. The topological polar surface area (TPSA) is 32.6 Å². The lowest BCUT2D eigenvalue weighted by atomic mass is 9.93. The second-order valence-corrected chi connectivity index (χ2v) is 4.14. The van der Waals surface area contributed by atoms with Gasteiger partial charge >= 0.3 is 0 Å². The van der Waals surface area contributed by atoms with Gasteiger partial charge < -0.3 is 5.21 Å². The lowest BCUT2D eigenvalue weighted by Crippen LogP contribution is -2.11. The molecule has 0 radical (unpaired) electrons. The molecule has 0 unspecified atom stereocenters. The molecule has 0 atom stereocenters. The highest BCUT2D eigenvalue weighted by molar-refractivity contribution is 5.83. The Labute approximate surface area is 81.0 Å². The Morgan fingerprint density at radius 3 is 1.92 bits per heavy atom. The molecule has 1 N–H and O–H groups in total. The van der Waals surface area contributed by atoms with Crippen molar-refractivity contribution in [2.24, 2.45) is 11.1 Å². The molecule has 1 aliphatic rings. The van der Waals surface area contributed by atoms with E-state index in [4.69, 9.17) is 5.21 Å². The molecule has 0 aromatic heterocycles. The lowest BCUT2D eigenvalue weighted by Gasteiger charge is -2.13. The van der Waals surface area contributed by atoms with E-state index >= 15 is 0 Å². The van der Waals surface area contributed by atoms with Crippen molar-refractivity contribution in [1.29, 1.82) is 0 Å². The summed E-state index contributed by atoms with van der Waals surface area (Å²) in [7, 11) is 0. The molecule has 2 nitrogen and oxygen atoms in total.